The third kappa shape index (κ3) is 4.83. The van der Waals surface area contributed by atoms with Gasteiger partial charge in [0.15, 0.2) is 0 Å². The number of esters is 1. The lowest BCUT2D eigenvalue weighted by Crippen LogP contribution is -2.46. The lowest BCUT2D eigenvalue weighted by molar-refractivity contribution is -0.149. The first-order valence-electron chi connectivity index (χ1n) is 11.0. The minimum atomic E-state index is -0.193. The summed E-state index contributed by atoms with van der Waals surface area (Å²) >= 11 is 0. The molecule has 9 nitrogen and oxygen atoms in total. The smallest absolute Gasteiger partial charge is 0.410 e. The molecule has 1 aromatic rings. The molecule has 3 aliphatic rings. The van der Waals surface area contributed by atoms with Crippen LogP contribution in [0.15, 0.2) is 18.6 Å². The third-order valence-electron chi connectivity index (χ3n) is 6.37. The number of piperidine rings is 2. The Hall–Kier alpha value is -2.42. The van der Waals surface area contributed by atoms with Gasteiger partial charge in [-0.05, 0) is 51.8 Å². The van der Waals surface area contributed by atoms with Gasteiger partial charge < -0.3 is 19.3 Å². The molecule has 3 aliphatic heterocycles. The summed E-state index contributed by atoms with van der Waals surface area (Å²) < 4.78 is 10.8. The van der Waals surface area contributed by atoms with E-state index in [1.807, 2.05) is 17.9 Å². The van der Waals surface area contributed by atoms with Crippen LogP contribution in [0.2, 0.25) is 0 Å². The highest BCUT2D eigenvalue weighted by Crippen LogP contribution is 2.26. The summed E-state index contributed by atoms with van der Waals surface area (Å²) in [5, 5.41) is 0. The van der Waals surface area contributed by atoms with Gasteiger partial charge in [-0.3, -0.25) is 9.69 Å². The summed E-state index contributed by atoms with van der Waals surface area (Å²) in [6.07, 6.45) is 6.48. The highest BCUT2D eigenvalue weighted by Gasteiger charge is 2.38. The van der Waals surface area contributed by atoms with E-state index in [1.54, 1.807) is 12.5 Å². The fourth-order valence-electron chi connectivity index (χ4n) is 4.71. The average Bonchev–Trinajstić information content (AvgIpc) is 3.15. The first kappa shape index (κ1) is 20.8. The third-order valence-corrected chi connectivity index (χ3v) is 6.37. The van der Waals surface area contributed by atoms with Crippen molar-refractivity contribution in [2.45, 2.75) is 44.8 Å². The number of likely N-dealkylation sites (tertiary alicyclic amines) is 1. The molecule has 30 heavy (non-hydrogen) atoms. The molecule has 0 aromatic carbocycles. The van der Waals surface area contributed by atoms with Gasteiger partial charge in [0, 0.05) is 31.9 Å². The lowest BCUT2D eigenvalue weighted by Gasteiger charge is -2.36. The van der Waals surface area contributed by atoms with Crippen LogP contribution in [-0.4, -0.2) is 89.9 Å². The molecule has 0 aliphatic carbocycles. The van der Waals surface area contributed by atoms with Crippen molar-refractivity contribution >= 4 is 17.9 Å². The molecular formula is C21H31N5O4. The summed E-state index contributed by atoms with van der Waals surface area (Å²) in [5.41, 5.74) is 0. The van der Waals surface area contributed by atoms with E-state index in [0.29, 0.717) is 13.2 Å². The largest absolute Gasteiger partial charge is 0.466 e. The van der Waals surface area contributed by atoms with Crippen LogP contribution in [0.3, 0.4) is 0 Å². The molecule has 0 saturated carbocycles. The van der Waals surface area contributed by atoms with E-state index in [4.69, 9.17) is 9.47 Å². The zero-order valence-corrected chi connectivity index (χ0v) is 17.6. The molecule has 4 heterocycles. The van der Waals surface area contributed by atoms with Gasteiger partial charge in [0.25, 0.3) is 0 Å². The van der Waals surface area contributed by atoms with Crippen molar-refractivity contribution in [3.8, 4) is 0 Å². The van der Waals surface area contributed by atoms with E-state index in [-0.39, 0.29) is 30.1 Å². The Morgan fingerprint density at radius 3 is 2.63 bits per heavy atom. The Kier molecular flexibility index (Phi) is 6.66. The maximum Gasteiger partial charge on any atom is 0.410 e. The van der Waals surface area contributed by atoms with Crippen LogP contribution in [0.4, 0.5) is 10.6 Å². The van der Waals surface area contributed by atoms with Gasteiger partial charge in [0.1, 0.15) is 18.2 Å². The summed E-state index contributed by atoms with van der Waals surface area (Å²) in [6, 6.07) is 2.14. The molecule has 1 aromatic heterocycles. The predicted octanol–water partition coefficient (Wildman–Crippen LogP) is 1.54. The van der Waals surface area contributed by atoms with E-state index >= 15 is 0 Å². The van der Waals surface area contributed by atoms with Crippen LogP contribution in [0.1, 0.15) is 32.6 Å². The number of aromatic nitrogens is 2. The standard InChI is InChI=1S/C21H31N5O4/c1-2-29-20(27)16-4-9-24(10-5-16)13-18-14-26(21(28)30-18)17-6-11-25(12-7-17)19-3-8-22-15-23-19/h3,8,15-18H,2,4-7,9-14H2,1H3. The summed E-state index contributed by atoms with van der Waals surface area (Å²) in [7, 11) is 0. The van der Waals surface area contributed by atoms with Crippen molar-refractivity contribution in [3.63, 3.8) is 0 Å². The minimum absolute atomic E-state index is 0.00361. The second kappa shape index (κ2) is 9.59. The van der Waals surface area contributed by atoms with Crippen molar-refractivity contribution in [1.29, 1.82) is 0 Å². The van der Waals surface area contributed by atoms with Crippen molar-refractivity contribution in [2.24, 2.45) is 5.92 Å². The van der Waals surface area contributed by atoms with Gasteiger partial charge in [-0.2, -0.15) is 0 Å². The summed E-state index contributed by atoms with van der Waals surface area (Å²) in [6.45, 7) is 7.09. The summed E-state index contributed by atoms with van der Waals surface area (Å²) in [4.78, 5) is 39.1. The number of carbonyl (C=O) groups excluding carboxylic acids is 2. The number of anilines is 1. The molecule has 164 valence electrons. The number of rotatable bonds is 6. The minimum Gasteiger partial charge on any atom is -0.466 e. The lowest BCUT2D eigenvalue weighted by atomic mass is 9.97. The normalized spacial score (nSPS) is 24.2. The fraction of sp³-hybridized carbons (Fsp3) is 0.714. The van der Waals surface area contributed by atoms with E-state index < -0.39 is 0 Å². The van der Waals surface area contributed by atoms with Crippen molar-refractivity contribution in [3.05, 3.63) is 18.6 Å². The average molecular weight is 418 g/mol. The van der Waals surface area contributed by atoms with Crippen LogP contribution >= 0.6 is 0 Å². The number of hydrogen-bond donors (Lipinski definition) is 0. The Labute approximate surface area is 177 Å². The van der Waals surface area contributed by atoms with E-state index in [9.17, 15) is 9.59 Å². The zero-order valence-electron chi connectivity index (χ0n) is 17.6. The zero-order chi connectivity index (χ0) is 20.9. The Balaban J connectivity index is 1.22. The van der Waals surface area contributed by atoms with Crippen LogP contribution in [0.5, 0.6) is 0 Å². The molecule has 1 atom stereocenters. The Morgan fingerprint density at radius 1 is 1.20 bits per heavy atom. The molecular weight excluding hydrogens is 386 g/mol. The topological polar surface area (TPSA) is 88.1 Å². The first-order valence-corrected chi connectivity index (χ1v) is 11.0. The highest BCUT2D eigenvalue weighted by molar-refractivity contribution is 5.72. The number of nitrogens with zero attached hydrogens (tertiary/aromatic N) is 5. The molecule has 4 rings (SSSR count). The molecule has 9 heteroatoms. The number of carbonyl (C=O) groups is 2. The van der Waals surface area contributed by atoms with Gasteiger partial charge >= 0.3 is 12.1 Å². The maximum absolute atomic E-state index is 12.5. The second-order valence-corrected chi connectivity index (χ2v) is 8.27. The molecule has 0 bridgehead atoms. The number of ether oxygens (including phenoxy) is 2. The molecule has 3 fully saturated rings. The van der Waals surface area contributed by atoms with Gasteiger partial charge in [-0.1, -0.05) is 0 Å². The van der Waals surface area contributed by atoms with Gasteiger partial charge in [-0.15, -0.1) is 0 Å². The Bertz CT molecular complexity index is 717. The quantitative estimate of drug-likeness (QED) is 0.644. The van der Waals surface area contributed by atoms with E-state index in [1.165, 1.54) is 0 Å². The number of amides is 1. The molecule has 0 radical (unpaired) electrons. The van der Waals surface area contributed by atoms with Gasteiger partial charge in [0.2, 0.25) is 0 Å². The van der Waals surface area contributed by atoms with Gasteiger partial charge in [-0.25, -0.2) is 14.8 Å². The van der Waals surface area contributed by atoms with Gasteiger partial charge in [0.05, 0.1) is 19.1 Å². The van der Waals surface area contributed by atoms with E-state index in [0.717, 1.165) is 64.2 Å². The molecule has 0 N–H and O–H groups in total. The van der Waals surface area contributed by atoms with Crippen molar-refractivity contribution in [1.82, 2.24) is 19.8 Å². The van der Waals surface area contributed by atoms with Crippen molar-refractivity contribution in [2.75, 3.05) is 50.8 Å². The number of hydrogen-bond acceptors (Lipinski definition) is 8. The summed E-state index contributed by atoms with van der Waals surface area (Å²) in [5.74, 6) is 0.865. The predicted molar refractivity (Wildman–Crippen MR) is 110 cm³/mol. The van der Waals surface area contributed by atoms with Crippen LogP contribution in [-0.2, 0) is 14.3 Å². The second-order valence-electron chi connectivity index (χ2n) is 8.27. The molecule has 0 spiro atoms. The maximum atomic E-state index is 12.5. The van der Waals surface area contributed by atoms with Crippen molar-refractivity contribution < 1.29 is 19.1 Å². The van der Waals surface area contributed by atoms with Crippen LogP contribution < -0.4 is 4.90 Å². The number of cyclic esters (lactones) is 1. The monoisotopic (exact) mass is 417 g/mol. The van der Waals surface area contributed by atoms with Crippen LogP contribution in [0.25, 0.3) is 0 Å². The first-order chi connectivity index (χ1) is 14.6. The molecule has 1 unspecified atom stereocenters. The van der Waals surface area contributed by atoms with Crippen LogP contribution in [0, 0.1) is 5.92 Å². The van der Waals surface area contributed by atoms with E-state index in [2.05, 4.69) is 19.8 Å². The SMILES string of the molecule is CCOC(=O)C1CCN(CC2CN(C3CCN(c4ccncn4)CC3)C(=O)O2)CC1. The molecule has 1 amide bonds. The Morgan fingerprint density at radius 2 is 1.97 bits per heavy atom. The fourth-order valence-corrected chi connectivity index (χ4v) is 4.71. The molecule has 3 saturated heterocycles. The highest BCUT2D eigenvalue weighted by atomic mass is 16.6.